The molecule has 0 aliphatic carbocycles. The third-order valence-electron chi connectivity index (χ3n) is 5.13. The molecule has 0 spiro atoms. The first-order valence-corrected chi connectivity index (χ1v) is 10.2. The second kappa shape index (κ2) is 8.32. The zero-order valence-corrected chi connectivity index (χ0v) is 17.6. The van der Waals surface area contributed by atoms with Crippen LogP contribution in [0.25, 0.3) is 28.2 Å². The number of hydrogen-bond acceptors (Lipinski definition) is 9. The lowest BCUT2D eigenvalue weighted by Crippen LogP contribution is -2.09. The molecule has 10 heteroatoms. The summed E-state index contributed by atoms with van der Waals surface area (Å²) in [7, 11) is 0. The van der Waals surface area contributed by atoms with Gasteiger partial charge in [-0.15, -0.1) is 5.10 Å². The molecule has 0 fully saturated rings. The molecular formula is C23H18N10. The van der Waals surface area contributed by atoms with E-state index < -0.39 is 0 Å². The Labute approximate surface area is 188 Å². The van der Waals surface area contributed by atoms with Gasteiger partial charge in [-0.1, -0.05) is 24.3 Å². The number of nitrogens with zero attached hydrogens (tertiary/aromatic N) is 8. The molecule has 4 aromatic heterocycles. The second-order valence-electron chi connectivity index (χ2n) is 7.24. The highest BCUT2D eigenvalue weighted by Gasteiger charge is 2.22. The van der Waals surface area contributed by atoms with E-state index in [0.29, 0.717) is 39.7 Å². The van der Waals surface area contributed by atoms with Crippen LogP contribution < -0.4 is 11.1 Å². The van der Waals surface area contributed by atoms with E-state index >= 15 is 0 Å². The number of nitrogens with two attached hydrogens (primary N) is 1. The molecule has 33 heavy (non-hydrogen) atoms. The number of hydrogen-bond donors (Lipinski definition) is 2. The summed E-state index contributed by atoms with van der Waals surface area (Å²) in [6, 6.07) is 16.7. The van der Waals surface area contributed by atoms with Crippen LogP contribution in [0, 0.1) is 11.3 Å². The lowest BCUT2D eigenvalue weighted by Gasteiger charge is -2.12. The van der Waals surface area contributed by atoms with Crippen molar-refractivity contribution in [3.8, 4) is 28.6 Å². The molecule has 0 radical (unpaired) electrons. The van der Waals surface area contributed by atoms with Gasteiger partial charge in [-0.05, 0) is 31.2 Å². The molecule has 0 bridgehead atoms. The molecule has 3 N–H and O–H groups in total. The maximum atomic E-state index is 9.65. The van der Waals surface area contributed by atoms with Crippen molar-refractivity contribution < 1.29 is 0 Å². The molecule has 0 aliphatic heterocycles. The normalized spacial score (nSPS) is 11.8. The smallest absolute Gasteiger partial charge is 0.243 e. The average molecular weight is 434 g/mol. The molecule has 5 rings (SSSR count). The summed E-state index contributed by atoms with van der Waals surface area (Å²) in [4.78, 5) is 22.1. The van der Waals surface area contributed by atoms with Gasteiger partial charge in [-0.2, -0.15) is 14.8 Å². The van der Waals surface area contributed by atoms with Crippen molar-refractivity contribution in [3.63, 3.8) is 0 Å². The predicted molar refractivity (Wildman–Crippen MR) is 123 cm³/mol. The van der Waals surface area contributed by atoms with Gasteiger partial charge in [0.15, 0.2) is 5.65 Å². The van der Waals surface area contributed by atoms with E-state index in [-0.39, 0.29) is 12.0 Å². The molecule has 0 saturated heterocycles. The molecule has 1 unspecified atom stereocenters. The lowest BCUT2D eigenvalue weighted by atomic mass is 10.00. The van der Waals surface area contributed by atoms with Crippen LogP contribution in [0.2, 0.25) is 0 Å². The summed E-state index contributed by atoms with van der Waals surface area (Å²) in [6.07, 6.45) is 4.81. The maximum Gasteiger partial charge on any atom is 0.243 e. The molecule has 0 saturated carbocycles. The number of rotatable bonds is 5. The lowest BCUT2D eigenvalue weighted by molar-refractivity contribution is 0.817. The van der Waals surface area contributed by atoms with Crippen LogP contribution in [0.3, 0.4) is 0 Å². The highest BCUT2D eigenvalue weighted by molar-refractivity contribution is 5.91. The topological polar surface area (TPSA) is 144 Å². The SMILES string of the molecule is CC(Nc1nc2c(-c3ccncn3)c(-c3ccccc3C#N)nc(N)n2n1)c1ccccn1. The summed E-state index contributed by atoms with van der Waals surface area (Å²) in [5.74, 6) is 0.499. The van der Waals surface area contributed by atoms with Gasteiger partial charge in [0.05, 0.1) is 40.3 Å². The third-order valence-corrected chi connectivity index (χ3v) is 5.13. The molecule has 5 aromatic rings. The Balaban J connectivity index is 1.71. The number of nitrogens with one attached hydrogen (secondary N) is 1. The van der Waals surface area contributed by atoms with Crippen LogP contribution in [0.4, 0.5) is 11.9 Å². The Morgan fingerprint density at radius 2 is 1.88 bits per heavy atom. The summed E-state index contributed by atoms with van der Waals surface area (Å²) in [5, 5.41) is 17.4. The van der Waals surface area contributed by atoms with Crippen LogP contribution >= 0.6 is 0 Å². The zero-order valence-electron chi connectivity index (χ0n) is 17.6. The largest absolute Gasteiger partial charge is 0.368 e. The van der Waals surface area contributed by atoms with Crippen LogP contribution in [0.5, 0.6) is 0 Å². The van der Waals surface area contributed by atoms with E-state index in [1.165, 1.54) is 10.8 Å². The van der Waals surface area contributed by atoms with Crippen molar-refractivity contribution in [1.29, 1.82) is 5.26 Å². The van der Waals surface area contributed by atoms with Gasteiger partial charge >= 0.3 is 0 Å². The van der Waals surface area contributed by atoms with E-state index in [9.17, 15) is 5.26 Å². The van der Waals surface area contributed by atoms with Crippen molar-refractivity contribution in [2.24, 2.45) is 0 Å². The fraction of sp³-hybridized carbons (Fsp3) is 0.0870. The minimum absolute atomic E-state index is 0.136. The highest BCUT2D eigenvalue weighted by Crippen LogP contribution is 2.35. The first-order valence-electron chi connectivity index (χ1n) is 10.2. The Bertz CT molecular complexity index is 1470. The highest BCUT2D eigenvalue weighted by atomic mass is 15.4. The number of aromatic nitrogens is 7. The standard InChI is InChI=1S/C23H18N10/c1-14(17-8-4-5-10-27-17)29-23-31-21-19(18-9-11-26-13-28-18)20(30-22(25)33(21)32-23)16-7-3-2-6-15(16)12-24/h2-11,13-14H,1H3,(H2,25,30)(H,29,32). The van der Waals surface area contributed by atoms with E-state index in [1.54, 1.807) is 30.6 Å². The van der Waals surface area contributed by atoms with Gasteiger partial charge < -0.3 is 11.1 Å². The fourth-order valence-electron chi connectivity index (χ4n) is 3.57. The van der Waals surface area contributed by atoms with Crippen LogP contribution in [-0.2, 0) is 0 Å². The molecule has 0 amide bonds. The number of nitriles is 1. The molecule has 4 heterocycles. The van der Waals surface area contributed by atoms with Crippen LogP contribution in [0.15, 0.2) is 67.3 Å². The van der Waals surface area contributed by atoms with Gasteiger partial charge in [0.2, 0.25) is 11.9 Å². The monoisotopic (exact) mass is 434 g/mol. The van der Waals surface area contributed by atoms with Crippen molar-refractivity contribution >= 4 is 17.5 Å². The maximum absolute atomic E-state index is 9.65. The summed E-state index contributed by atoms with van der Waals surface area (Å²) in [6.45, 7) is 1.97. The van der Waals surface area contributed by atoms with Crippen molar-refractivity contribution in [2.75, 3.05) is 11.1 Å². The Morgan fingerprint density at radius 1 is 1.03 bits per heavy atom. The van der Waals surface area contributed by atoms with Gasteiger partial charge in [-0.25, -0.2) is 15.0 Å². The summed E-state index contributed by atoms with van der Waals surface area (Å²) >= 11 is 0. The number of benzene rings is 1. The zero-order chi connectivity index (χ0) is 22.8. The quantitative estimate of drug-likeness (QED) is 0.426. The number of fused-ring (bicyclic) bond motifs is 1. The molecule has 0 aliphatic rings. The minimum Gasteiger partial charge on any atom is -0.368 e. The summed E-state index contributed by atoms with van der Waals surface area (Å²) < 4.78 is 1.46. The Morgan fingerprint density at radius 3 is 2.64 bits per heavy atom. The van der Waals surface area contributed by atoms with E-state index in [4.69, 9.17) is 10.7 Å². The summed E-state index contributed by atoms with van der Waals surface area (Å²) in [5.41, 5.74) is 10.4. The Kier molecular flexibility index (Phi) is 5.04. The van der Waals surface area contributed by atoms with Gasteiger partial charge in [0, 0.05) is 18.0 Å². The first-order chi connectivity index (χ1) is 16.2. The fourth-order valence-corrected chi connectivity index (χ4v) is 3.57. The minimum atomic E-state index is -0.140. The van der Waals surface area contributed by atoms with E-state index in [2.05, 4.69) is 36.4 Å². The molecule has 160 valence electrons. The van der Waals surface area contributed by atoms with E-state index in [1.807, 2.05) is 37.3 Å². The van der Waals surface area contributed by atoms with Crippen molar-refractivity contribution in [3.05, 3.63) is 78.5 Å². The van der Waals surface area contributed by atoms with Crippen LogP contribution in [-0.4, -0.2) is 34.5 Å². The first kappa shape index (κ1) is 20.0. The third kappa shape index (κ3) is 3.68. The number of pyridine rings is 1. The van der Waals surface area contributed by atoms with Crippen molar-refractivity contribution in [2.45, 2.75) is 13.0 Å². The second-order valence-corrected chi connectivity index (χ2v) is 7.24. The predicted octanol–water partition coefficient (Wildman–Crippen LogP) is 3.27. The van der Waals surface area contributed by atoms with E-state index in [0.717, 1.165) is 5.69 Å². The van der Waals surface area contributed by atoms with Gasteiger partial charge in [0.1, 0.15) is 6.33 Å². The van der Waals surface area contributed by atoms with Gasteiger partial charge in [0.25, 0.3) is 0 Å². The van der Waals surface area contributed by atoms with Gasteiger partial charge in [-0.3, -0.25) is 4.98 Å². The van der Waals surface area contributed by atoms with Crippen LogP contribution in [0.1, 0.15) is 24.2 Å². The number of nitrogen functional groups attached to an aromatic ring is 1. The molecule has 1 aromatic carbocycles. The Hall–Kier alpha value is -4.91. The average Bonchev–Trinajstić information content (AvgIpc) is 3.29. The van der Waals surface area contributed by atoms with Crippen molar-refractivity contribution in [1.82, 2.24) is 34.5 Å². The molecule has 1 atom stereocenters. The molecule has 10 nitrogen and oxygen atoms in total. The molecular weight excluding hydrogens is 416 g/mol. The number of anilines is 2.